The van der Waals surface area contributed by atoms with Crippen molar-refractivity contribution < 1.29 is 24.6 Å². The second-order valence-corrected chi connectivity index (χ2v) is 1.53. The molecule has 0 aliphatic rings. The van der Waals surface area contributed by atoms with Crippen molar-refractivity contribution in [2.24, 2.45) is 0 Å². The summed E-state index contributed by atoms with van der Waals surface area (Å²) in [7, 11) is 0. The number of carbonyl (C=O) groups is 2. The first-order valence-electron chi connectivity index (χ1n) is 2.52. The molecule has 6 heteroatoms. The lowest BCUT2D eigenvalue weighted by Crippen LogP contribution is -2.26. The third kappa shape index (κ3) is 3.72. The van der Waals surface area contributed by atoms with Crippen LogP contribution in [0.15, 0.2) is 5.70 Å². The highest BCUT2D eigenvalue weighted by Crippen LogP contribution is 1.79. The van der Waals surface area contributed by atoms with Crippen LogP contribution in [0.2, 0.25) is 0 Å². The Labute approximate surface area is 61.1 Å². The average molecular weight is 159 g/mol. The molecule has 0 spiro atoms. The molecule has 0 unspecified atom stereocenters. The Morgan fingerprint density at radius 1 is 1.36 bits per heavy atom. The van der Waals surface area contributed by atoms with Crippen LogP contribution in [0.3, 0.4) is 0 Å². The highest BCUT2D eigenvalue weighted by atomic mass is 16.4. The molecule has 0 rings (SSSR count). The molecule has 11 heavy (non-hydrogen) atoms. The Balaban J connectivity index is 4.03. The van der Waals surface area contributed by atoms with Gasteiger partial charge >= 0.3 is 11.9 Å². The van der Waals surface area contributed by atoms with Gasteiger partial charge in [-0.1, -0.05) is 0 Å². The first kappa shape index (κ1) is 9.19. The summed E-state index contributed by atoms with van der Waals surface area (Å²) in [6.45, 7) is -0.614. The smallest absolute Gasteiger partial charge is 0.363 e. The third-order valence-corrected chi connectivity index (χ3v) is 0.732. The van der Waals surface area contributed by atoms with E-state index in [0.29, 0.717) is 0 Å². The molecule has 0 fully saturated rings. The number of rotatable bonds is 4. The molecule has 60 valence electrons. The van der Waals surface area contributed by atoms with Gasteiger partial charge in [-0.05, 0) is 0 Å². The Hall–Kier alpha value is -1.81. The van der Waals surface area contributed by atoms with Gasteiger partial charge in [0.1, 0.15) is 6.54 Å². The lowest BCUT2D eigenvalue weighted by Gasteiger charge is -1.97. The van der Waals surface area contributed by atoms with Gasteiger partial charge in [-0.15, -0.1) is 0 Å². The molecule has 0 aliphatic heterocycles. The quantitative estimate of drug-likeness (QED) is 0.339. The predicted octanol–water partition coefficient (Wildman–Crippen LogP) is -1.54. The number of nitrogens with one attached hydrogen (secondary N) is 1. The summed E-state index contributed by atoms with van der Waals surface area (Å²) in [5.41, 5.74) is -0.785. The molecule has 0 saturated carbocycles. The molecular formula is C5H5NO5. The van der Waals surface area contributed by atoms with Crippen LogP contribution in [0.5, 0.6) is 0 Å². The van der Waals surface area contributed by atoms with Crippen LogP contribution in [0.25, 0.3) is 0 Å². The first-order chi connectivity index (χ1) is 5.07. The fourth-order valence-corrected chi connectivity index (χ4v) is 0.319. The zero-order valence-corrected chi connectivity index (χ0v) is 5.33. The second kappa shape index (κ2) is 4.08. The highest BCUT2D eigenvalue weighted by molar-refractivity contribution is 5.95. The van der Waals surface area contributed by atoms with Gasteiger partial charge in [0.25, 0.3) is 0 Å². The van der Waals surface area contributed by atoms with Crippen LogP contribution < -0.4 is 5.32 Å². The Morgan fingerprint density at radius 2 is 1.91 bits per heavy atom. The molecule has 3 N–H and O–H groups in total. The van der Waals surface area contributed by atoms with Gasteiger partial charge in [0.15, 0.2) is 5.94 Å². The fraction of sp³-hybridized carbons (Fsp3) is 0.200. The van der Waals surface area contributed by atoms with Crippen LogP contribution in [0.4, 0.5) is 0 Å². The maximum Gasteiger partial charge on any atom is 0.363 e. The maximum absolute atomic E-state index is 9.99. The van der Waals surface area contributed by atoms with E-state index in [1.807, 2.05) is 5.32 Å². The molecule has 0 bridgehead atoms. The molecule has 0 amide bonds. The molecule has 0 atom stereocenters. The number of carbonyl (C=O) groups excluding carboxylic acids is 1. The monoisotopic (exact) mass is 159 g/mol. The molecule has 0 radical (unpaired) electrons. The fourth-order valence-electron chi connectivity index (χ4n) is 0.319. The average Bonchev–Trinajstić information content (AvgIpc) is 1.87. The van der Waals surface area contributed by atoms with E-state index < -0.39 is 24.2 Å². The predicted molar refractivity (Wildman–Crippen MR) is 32.5 cm³/mol. The molecule has 0 heterocycles. The summed E-state index contributed by atoms with van der Waals surface area (Å²) < 4.78 is 0. The Kier molecular flexibility index (Phi) is 3.41. The topological polar surface area (TPSA) is 104 Å². The van der Waals surface area contributed by atoms with Crippen molar-refractivity contribution in [1.82, 2.24) is 5.32 Å². The summed E-state index contributed by atoms with van der Waals surface area (Å²) in [6.07, 6.45) is 0. The molecule has 0 aliphatic carbocycles. The van der Waals surface area contributed by atoms with Gasteiger partial charge in [0.05, 0.1) is 0 Å². The molecule has 0 aromatic heterocycles. The van der Waals surface area contributed by atoms with E-state index >= 15 is 0 Å². The summed E-state index contributed by atoms with van der Waals surface area (Å²) in [5.74, 6) is -1.73. The van der Waals surface area contributed by atoms with E-state index in [0.717, 1.165) is 5.94 Å². The van der Waals surface area contributed by atoms with Crippen LogP contribution >= 0.6 is 0 Å². The van der Waals surface area contributed by atoms with Crippen LogP contribution in [-0.4, -0.2) is 34.6 Å². The van der Waals surface area contributed by atoms with Crippen molar-refractivity contribution in [3.05, 3.63) is 5.70 Å². The van der Waals surface area contributed by atoms with Crippen molar-refractivity contribution >= 4 is 17.9 Å². The van der Waals surface area contributed by atoms with E-state index in [-0.39, 0.29) is 0 Å². The van der Waals surface area contributed by atoms with E-state index in [9.17, 15) is 14.4 Å². The molecular weight excluding hydrogens is 154 g/mol. The zero-order chi connectivity index (χ0) is 8.85. The number of carboxylic acids is 2. The minimum Gasteiger partial charge on any atom is -0.480 e. The van der Waals surface area contributed by atoms with E-state index in [1.165, 1.54) is 0 Å². The van der Waals surface area contributed by atoms with Gasteiger partial charge in [-0.2, -0.15) is 0 Å². The van der Waals surface area contributed by atoms with Crippen molar-refractivity contribution in [1.29, 1.82) is 0 Å². The number of hydrogen-bond donors (Lipinski definition) is 3. The van der Waals surface area contributed by atoms with Gasteiger partial charge in [0.2, 0.25) is 5.70 Å². The zero-order valence-electron chi connectivity index (χ0n) is 5.33. The minimum absolute atomic E-state index is 0.614. The molecule has 0 aromatic carbocycles. The van der Waals surface area contributed by atoms with Gasteiger partial charge in [-0.25, -0.2) is 9.59 Å². The lowest BCUT2D eigenvalue weighted by atomic mass is 10.5. The van der Waals surface area contributed by atoms with E-state index in [4.69, 9.17) is 10.2 Å². The minimum atomic E-state index is -1.53. The van der Waals surface area contributed by atoms with Crippen LogP contribution in [-0.2, 0) is 14.4 Å². The summed E-state index contributed by atoms with van der Waals surface area (Å²) in [5, 5.41) is 18.0. The van der Waals surface area contributed by atoms with Crippen LogP contribution in [0, 0.1) is 0 Å². The summed E-state index contributed by atoms with van der Waals surface area (Å²) in [6, 6.07) is 0. The SMILES string of the molecule is O=C=C(NCC(=O)O)C(=O)O. The standard InChI is InChI=1S/C5H5NO5/c7-2-3(5(10)11)6-1-4(8)9/h6H,1H2,(H,8,9)(H,10,11). The van der Waals surface area contributed by atoms with E-state index in [2.05, 4.69) is 0 Å². The number of hydrogen-bond acceptors (Lipinski definition) is 4. The third-order valence-electron chi connectivity index (χ3n) is 0.732. The lowest BCUT2D eigenvalue weighted by molar-refractivity contribution is -0.136. The molecule has 0 aromatic rings. The van der Waals surface area contributed by atoms with Gasteiger partial charge in [-0.3, -0.25) is 4.79 Å². The summed E-state index contributed by atoms with van der Waals surface area (Å²) >= 11 is 0. The van der Waals surface area contributed by atoms with Crippen molar-refractivity contribution in [3.63, 3.8) is 0 Å². The highest BCUT2D eigenvalue weighted by Gasteiger charge is 2.08. The maximum atomic E-state index is 9.99. The van der Waals surface area contributed by atoms with Crippen molar-refractivity contribution in [3.8, 4) is 0 Å². The molecule has 0 saturated heterocycles. The summed E-state index contributed by atoms with van der Waals surface area (Å²) in [4.78, 5) is 29.6. The largest absolute Gasteiger partial charge is 0.480 e. The van der Waals surface area contributed by atoms with E-state index in [1.54, 1.807) is 0 Å². The van der Waals surface area contributed by atoms with Crippen LogP contribution in [0.1, 0.15) is 0 Å². The van der Waals surface area contributed by atoms with Gasteiger partial charge in [0, 0.05) is 0 Å². The van der Waals surface area contributed by atoms with Crippen molar-refractivity contribution in [2.75, 3.05) is 6.54 Å². The first-order valence-corrected chi connectivity index (χ1v) is 2.52. The second-order valence-electron chi connectivity index (χ2n) is 1.53. The normalized spacial score (nSPS) is 8.00. The van der Waals surface area contributed by atoms with Crippen molar-refractivity contribution in [2.45, 2.75) is 0 Å². The number of carboxylic acid groups (broad SMARTS) is 2. The van der Waals surface area contributed by atoms with Gasteiger partial charge < -0.3 is 15.5 Å². The Bertz CT molecular complexity index is 227. The Morgan fingerprint density at radius 3 is 2.18 bits per heavy atom. The number of aliphatic carboxylic acids is 2. The molecule has 6 nitrogen and oxygen atoms in total.